The van der Waals surface area contributed by atoms with E-state index in [1.807, 2.05) is 13.0 Å². The van der Waals surface area contributed by atoms with Gasteiger partial charge in [-0.1, -0.05) is 6.92 Å². The Hall–Kier alpha value is -1.68. The molecule has 18 heavy (non-hydrogen) atoms. The van der Waals surface area contributed by atoms with Crippen LogP contribution in [0, 0.1) is 12.7 Å². The van der Waals surface area contributed by atoms with E-state index >= 15 is 0 Å². The summed E-state index contributed by atoms with van der Waals surface area (Å²) in [7, 11) is 0. The van der Waals surface area contributed by atoms with E-state index in [1.165, 1.54) is 18.5 Å². The SMILES string of the molecule is CCCNCc1ncoc1-c1cc(C)cc(F)c1. The van der Waals surface area contributed by atoms with E-state index in [1.54, 1.807) is 0 Å². The molecule has 2 rings (SSSR count). The van der Waals surface area contributed by atoms with E-state index in [0.29, 0.717) is 12.3 Å². The first-order valence-electron chi connectivity index (χ1n) is 6.11. The van der Waals surface area contributed by atoms with Gasteiger partial charge in [0.2, 0.25) is 0 Å². The molecule has 0 saturated carbocycles. The number of aryl methyl sites for hydroxylation is 1. The smallest absolute Gasteiger partial charge is 0.181 e. The van der Waals surface area contributed by atoms with Gasteiger partial charge in [0, 0.05) is 12.1 Å². The quantitative estimate of drug-likeness (QED) is 0.825. The molecule has 96 valence electrons. The fourth-order valence-corrected chi connectivity index (χ4v) is 1.88. The molecule has 1 N–H and O–H groups in total. The van der Waals surface area contributed by atoms with Crippen LogP contribution in [0.2, 0.25) is 0 Å². The van der Waals surface area contributed by atoms with Crippen molar-refractivity contribution in [1.82, 2.24) is 10.3 Å². The molecule has 0 unspecified atom stereocenters. The third-order valence-corrected chi connectivity index (χ3v) is 2.66. The van der Waals surface area contributed by atoms with Crippen molar-refractivity contribution in [2.24, 2.45) is 0 Å². The Morgan fingerprint density at radius 2 is 2.17 bits per heavy atom. The molecule has 0 spiro atoms. The Balaban J connectivity index is 2.24. The summed E-state index contributed by atoms with van der Waals surface area (Å²) in [5, 5.41) is 3.26. The highest BCUT2D eigenvalue weighted by molar-refractivity contribution is 5.60. The molecule has 3 nitrogen and oxygen atoms in total. The number of halogens is 1. The molecule has 2 aromatic rings. The average Bonchev–Trinajstić information content (AvgIpc) is 2.76. The first kappa shape index (κ1) is 12.8. The summed E-state index contributed by atoms with van der Waals surface area (Å²) in [6.07, 6.45) is 2.46. The molecule has 0 amide bonds. The van der Waals surface area contributed by atoms with Crippen LogP contribution in [0.25, 0.3) is 11.3 Å². The van der Waals surface area contributed by atoms with Gasteiger partial charge in [0.25, 0.3) is 0 Å². The Labute approximate surface area is 106 Å². The van der Waals surface area contributed by atoms with Crippen LogP contribution in [0.15, 0.2) is 29.0 Å². The summed E-state index contributed by atoms with van der Waals surface area (Å²) in [5.41, 5.74) is 2.42. The molecule has 0 radical (unpaired) electrons. The molecule has 1 heterocycles. The monoisotopic (exact) mass is 248 g/mol. The molecule has 0 fully saturated rings. The van der Waals surface area contributed by atoms with Crippen molar-refractivity contribution in [3.05, 3.63) is 41.7 Å². The lowest BCUT2D eigenvalue weighted by Crippen LogP contribution is -2.14. The molecular weight excluding hydrogens is 231 g/mol. The van der Waals surface area contributed by atoms with Crippen molar-refractivity contribution in [1.29, 1.82) is 0 Å². The molecular formula is C14H17FN2O. The summed E-state index contributed by atoms with van der Waals surface area (Å²) < 4.78 is 18.8. The lowest BCUT2D eigenvalue weighted by molar-refractivity contribution is 0.567. The topological polar surface area (TPSA) is 38.1 Å². The Bertz CT molecular complexity index is 502. The number of hydrogen-bond acceptors (Lipinski definition) is 3. The van der Waals surface area contributed by atoms with Crippen molar-refractivity contribution in [3.63, 3.8) is 0 Å². The molecule has 1 aromatic heterocycles. The average molecular weight is 248 g/mol. The largest absolute Gasteiger partial charge is 0.443 e. The van der Waals surface area contributed by atoms with Crippen LogP contribution in [-0.4, -0.2) is 11.5 Å². The maximum absolute atomic E-state index is 13.4. The van der Waals surface area contributed by atoms with Crippen molar-refractivity contribution >= 4 is 0 Å². The summed E-state index contributed by atoms with van der Waals surface area (Å²) >= 11 is 0. The van der Waals surface area contributed by atoms with E-state index in [-0.39, 0.29) is 5.82 Å². The van der Waals surface area contributed by atoms with Gasteiger partial charge < -0.3 is 9.73 Å². The second kappa shape index (κ2) is 5.78. The van der Waals surface area contributed by atoms with Crippen LogP contribution in [-0.2, 0) is 6.54 Å². The van der Waals surface area contributed by atoms with Crippen LogP contribution < -0.4 is 5.32 Å². The number of hydrogen-bond donors (Lipinski definition) is 1. The number of oxazole rings is 1. The minimum Gasteiger partial charge on any atom is -0.443 e. The van der Waals surface area contributed by atoms with Crippen LogP contribution in [0.1, 0.15) is 24.6 Å². The van der Waals surface area contributed by atoms with Crippen LogP contribution in [0.4, 0.5) is 4.39 Å². The molecule has 4 heteroatoms. The van der Waals surface area contributed by atoms with Gasteiger partial charge in [0.15, 0.2) is 12.2 Å². The first-order chi connectivity index (χ1) is 8.70. The Morgan fingerprint density at radius 3 is 2.89 bits per heavy atom. The van der Waals surface area contributed by atoms with Gasteiger partial charge in [0.05, 0.1) is 0 Å². The predicted octanol–water partition coefficient (Wildman–Crippen LogP) is 3.29. The highest BCUT2D eigenvalue weighted by Gasteiger charge is 2.11. The molecule has 0 aliphatic rings. The van der Waals surface area contributed by atoms with E-state index in [9.17, 15) is 4.39 Å². The van der Waals surface area contributed by atoms with Crippen LogP contribution in [0.5, 0.6) is 0 Å². The lowest BCUT2D eigenvalue weighted by atomic mass is 10.1. The molecule has 0 aliphatic heterocycles. The fraction of sp³-hybridized carbons (Fsp3) is 0.357. The Morgan fingerprint density at radius 1 is 1.33 bits per heavy atom. The first-order valence-corrected chi connectivity index (χ1v) is 6.11. The summed E-state index contributed by atoms with van der Waals surface area (Å²) in [6, 6.07) is 4.86. The van der Waals surface area contributed by atoms with Gasteiger partial charge in [-0.3, -0.25) is 0 Å². The number of nitrogens with zero attached hydrogens (tertiary/aromatic N) is 1. The standard InChI is InChI=1S/C14H17FN2O/c1-3-4-16-8-13-14(18-9-17-13)11-5-10(2)6-12(15)7-11/h5-7,9,16H,3-4,8H2,1-2H3. The number of rotatable bonds is 5. The Kier molecular flexibility index (Phi) is 4.10. The van der Waals surface area contributed by atoms with Gasteiger partial charge in [-0.2, -0.15) is 0 Å². The van der Waals surface area contributed by atoms with Crippen molar-refractivity contribution in [3.8, 4) is 11.3 Å². The molecule has 0 bridgehead atoms. The molecule has 0 aliphatic carbocycles. The van der Waals surface area contributed by atoms with Gasteiger partial charge >= 0.3 is 0 Å². The van der Waals surface area contributed by atoms with Crippen LogP contribution in [0.3, 0.4) is 0 Å². The maximum atomic E-state index is 13.4. The zero-order chi connectivity index (χ0) is 13.0. The molecule has 0 atom stereocenters. The van der Waals surface area contributed by atoms with Gasteiger partial charge in [-0.25, -0.2) is 9.37 Å². The van der Waals surface area contributed by atoms with E-state index in [4.69, 9.17) is 4.42 Å². The minimum atomic E-state index is -0.256. The summed E-state index contributed by atoms with van der Waals surface area (Å²) in [5.74, 6) is 0.384. The highest BCUT2D eigenvalue weighted by atomic mass is 19.1. The van der Waals surface area contributed by atoms with Crippen LogP contribution >= 0.6 is 0 Å². The van der Waals surface area contributed by atoms with E-state index in [0.717, 1.165) is 29.8 Å². The van der Waals surface area contributed by atoms with Gasteiger partial charge in [0.1, 0.15) is 11.5 Å². The van der Waals surface area contributed by atoms with Crippen molar-refractivity contribution in [2.45, 2.75) is 26.8 Å². The zero-order valence-corrected chi connectivity index (χ0v) is 10.7. The zero-order valence-electron chi connectivity index (χ0n) is 10.7. The number of nitrogens with one attached hydrogen (secondary N) is 1. The normalized spacial score (nSPS) is 10.8. The lowest BCUT2D eigenvalue weighted by Gasteiger charge is -2.04. The van der Waals surface area contributed by atoms with Crippen molar-refractivity contribution < 1.29 is 8.81 Å². The maximum Gasteiger partial charge on any atom is 0.181 e. The van der Waals surface area contributed by atoms with Gasteiger partial charge in [-0.15, -0.1) is 0 Å². The number of aromatic nitrogens is 1. The second-order valence-corrected chi connectivity index (χ2v) is 4.32. The van der Waals surface area contributed by atoms with Gasteiger partial charge in [-0.05, 0) is 43.7 Å². The highest BCUT2D eigenvalue weighted by Crippen LogP contribution is 2.25. The summed E-state index contributed by atoms with van der Waals surface area (Å²) in [6.45, 7) is 5.52. The second-order valence-electron chi connectivity index (χ2n) is 4.32. The summed E-state index contributed by atoms with van der Waals surface area (Å²) in [4.78, 5) is 4.17. The molecule has 0 saturated heterocycles. The van der Waals surface area contributed by atoms with E-state index in [2.05, 4.69) is 17.2 Å². The van der Waals surface area contributed by atoms with E-state index < -0.39 is 0 Å². The third-order valence-electron chi connectivity index (χ3n) is 2.66. The predicted molar refractivity (Wildman–Crippen MR) is 68.6 cm³/mol. The number of benzene rings is 1. The molecule has 1 aromatic carbocycles. The third kappa shape index (κ3) is 2.96. The van der Waals surface area contributed by atoms with Crippen molar-refractivity contribution in [2.75, 3.05) is 6.54 Å². The minimum absolute atomic E-state index is 0.256. The fourth-order valence-electron chi connectivity index (χ4n) is 1.88.